The Morgan fingerprint density at radius 2 is 1.70 bits per heavy atom. The van der Waals surface area contributed by atoms with E-state index >= 15 is 0 Å². The first-order valence-corrected chi connectivity index (χ1v) is 8.34. The largest absolute Gasteiger partial charge is 0.497 e. The van der Waals surface area contributed by atoms with Crippen LogP contribution in [0.1, 0.15) is 27.6 Å². The van der Waals surface area contributed by atoms with E-state index in [0.29, 0.717) is 28.4 Å². The number of benzene rings is 2. The van der Waals surface area contributed by atoms with Gasteiger partial charge in [-0.25, -0.2) is 4.98 Å². The molecule has 6 nitrogen and oxygen atoms in total. The maximum Gasteiger partial charge on any atom is 0.255 e. The molecule has 6 heteroatoms. The van der Waals surface area contributed by atoms with Gasteiger partial charge in [0, 0.05) is 34.8 Å². The van der Waals surface area contributed by atoms with Crippen LogP contribution in [-0.4, -0.2) is 23.8 Å². The summed E-state index contributed by atoms with van der Waals surface area (Å²) < 4.78 is 5.16. The normalized spacial score (nSPS) is 10.1. The van der Waals surface area contributed by atoms with E-state index in [4.69, 9.17) is 4.74 Å². The number of anilines is 3. The number of ether oxygens (including phenoxy) is 1. The van der Waals surface area contributed by atoms with Crippen LogP contribution in [0.25, 0.3) is 0 Å². The van der Waals surface area contributed by atoms with Crippen molar-refractivity contribution in [1.82, 2.24) is 4.98 Å². The minimum atomic E-state index is -0.258. The summed E-state index contributed by atoms with van der Waals surface area (Å²) in [6, 6.07) is 17.5. The van der Waals surface area contributed by atoms with Crippen LogP contribution in [-0.2, 0) is 0 Å². The van der Waals surface area contributed by atoms with E-state index in [-0.39, 0.29) is 11.7 Å². The van der Waals surface area contributed by atoms with Gasteiger partial charge in [-0.1, -0.05) is 18.2 Å². The van der Waals surface area contributed by atoms with Gasteiger partial charge in [0.25, 0.3) is 5.91 Å². The van der Waals surface area contributed by atoms with Crippen molar-refractivity contribution in [3.63, 3.8) is 0 Å². The van der Waals surface area contributed by atoms with Crippen molar-refractivity contribution < 1.29 is 14.3 Å². The molecule has 0 spiro atoms. The van der Waals surface area contributed by atoms with Crippen LogP contribution in [0.2, 0.25) is 0 Å². The molecule has 3 rings (SSSR count). The second-order valence-corrected chi connectivity index (χ2v) is 5.88. The topological polar surface area (TPSA) is 80.3 Å². The van der Waals surface area contributed by atoms with Crippen molar-refractivity contribution in [3.8, 4) is 5.75 Å². The van der Waals surface area contributed by atoms with Crippen molar-refractivity contribution in [3.05, 3.63) is 78.0 Å². The van der Waals surface area contributed by atoms with Crippen molar-refractivity contribution in [2.45, 2.75) is 6.92 Å². The maximum absolute atomic E-state index is 12.5. The molecule has 0 bridgehead atoms. The molecule has 0 aliphatic carbocycles. The highest BCUT2D eigenvalue weighted by Gasteiger charge is 2.09. The number of carbonyl (C=O) groups is 2. The van der Waals surface area contributed by atoms with E-state index in [0.717, 1.165) is 5.69 Å². The van der Waals surface area contributed by atoms with E-state index in [1.165, 1.54) is 6.92 Å². The zero-order valence-corrected chi connectivity index (χ0v) is 15.0. The summed E-state index contributed by atoms with van der Waals surface area (Å²) in [5.74, 6) is 0.897. The molecule has 0 aliphatic heterocycles. The first kappa shape index (κ1) is 18.1. The average Bonchev–Trinajstić information content (AvgIpc) is 2.68. The van der Waals surface area contributed by atoms with Gasteiger partial charge in [-0.15, -0.1) is 0 Å². The Morgan fingerprint density at radius 3 is 2.48 bits per heavy atom. The molecule has 0 saturated carbocycles. The molecular formula is C21H19N3O3. The van der Waals surface area contributed by atoms with Gasteiger partial charge in [0.2, 0.25) is 0 Å². The minimum absolute atomic E-state index is 0.0157. The standard InChI is InChI=1S/C21H19N3O3/c1-14(25)15-5-3-6-17(11-15)23-20-12-16(9-10-22-20)21(26)24-18-7-4-8-19(13-18)27-2/h3-13H,1-2H3,(H,22,23)(H,24,26). The van der Waals surface area contributed by atoms with Crippen LogP contribution in [0, 0.1) is 0 Å². The molecule has 2 aromatic carbocycles. The Hall–Kier alpha value is -3.67. The molecule has 27 heavy (non-hydrogen) atoms. The van der Waals surface area contributed by atoms with Gasteiger partial charge in [0.05, 0.1) is 7.11 Å². The Bertz CT molecular complexity index is 986. The SMILES string of the molecule is COc1cccc(NC(=O)c2ccnc(Nc3cccc(C(C)=O)c3)c2)c1. The fraction of sp³-hybridized carbons (Fsp3) is 0.0952. The second kappa shape index (κ2) is 8.14. The monoisotopic (exact) mass is 361 g/mol. The van der Waals surface area contributed by atoms with Gasteiger partial charge < -0.3 is 15.4 Å². The van der Waals surface area contributed by atoms with Crippen molar-refractivity contribution in [1.29, 1.82) is 0 Å². The lowest BCUT2D eigenvalue weighted by molar-refractivity contribution is 0.101. The van der Waals surface area contributed by atoms with Crippen LogP contribution in [0.15, 0.2) is 66.9 Å². The number of pyridine rings is 1. The molecule has 2 N–H and O–H groups in total. The highest BCUT2D eigenvalue weighted by atomic mass is 16.5. The van der Waals surface area contributed by atoms with Crippen LogP contribution in [0.3, 0.4) is 0 Å². The molecule has 0 radical (unpaired) electrons. The van der Waals surface area contributed by atoms with Crippen LogP contribution < -0.4 is 15.4 Å². The van der Waals surface area contributed by atoms with E-state index in [1.807, 2.05) is 6.07 Å². The lowest BCUT2D eigenvalue weighted by Crippen LogP contribution is -2.12. The number of Topliss-reactive ketones (excluding diaryl/α,β-unsaturated/α-hetero) is 1. The maximum atomic E-state index is 12.5. The molecular weight excluding hydrogens is 342 g/mol. The van der Waals surface area contributed by atoms with Gasteiger partial charge in [-0.2, -0.15) is 0 Å². The van der Waals surface area contributed by atoms with Crippen molar-refractivity contribution in [2.24, 2.45) is 0 Å². The number of hydrogen-bond acceptors (Lipinski definition) is 5. The van der Waals surface area contributed by atoms with Crippen LogP contribution in [0.5, 0.6) is 5.75 Å². The second-order valence-electron chi connectivity index (χ2n) is 5.88. The summed E-state index contributed by atoms with van der Waals surface area (Å²) in [5.41, 5.74) is 2.42. The molecule has 136 valence electrons. The number of aromatic nitrogens is 1. The van der Waals surface area contributed by atoms with Crippen LogP contribution >= 0.6 is 0 Å². The molecule has 1 amide bonds. The quantitative estimate of drug-likeness (QED) is 0.640. The summed E-state index contributed by atoms with van der Waals surface area (Å²) in [5, 5.41) is 5.94. The molecule has 1 aromatic heterocycles. The fourth-order valence-electron chi connectivity index (χ4n) is 2.51. The van der Waals surface area contributed by atoms with E-state index < -0.39 is 0 Å². The highest BCUT2D eigenvalue weighted by molar-refractivity contribution is 6.04. The van der Waals surface area contributed by atoms with E-state index in [9.17, 15) is 9.59 Å². The summed E-state index contributed by atoms with van der Waals surface area (Å²) in [6.07, 6.45) is 1.55. The number of rotatable bonds is 6. The third-order valence-electron chi connectivity index (χ3n) is 3.89. The lowest BCUT2D eigenvalue weighted by atomic mass is 10.1. The Morgan fingerprint density at radius 1 is 0.926 bits per heavy atom. The first-order chi connectivity index (χ1) is 13.0. The Balaban J connectivity index is 1.75. The van der Waals surface area contributed by atoms with Crippen LogP contribution in [0.4, 0.5) is 17.2 Å². The van der Waals surface area contributed by atoms with Gasteiger partial charge >= 0.3 is 0 Å². The highest BCUT2D eigenvalue weighted by Crippen LogP contribution is 2.20. The van der Waals surface area contributed by atoms with Crippen molar-refractivity contribution >= 4 is 28.9 Å². The summed E-state index contributed by atoms with van der Waals surface area (Å²) >= 11 is 0. The lowest BCUT2D eigenvalue weighted by Gasteiger charge is -2.10. The predicted octanol–water partition coefficient (Wildman–Crippen LogP) is 4.29. The number of carbonyl (C=O) groups excluding carboxylic acids is 2. The molecule has 0 unspecified atom stereocenters. The summed E-state index contributed by atoms with van der Waals surface area (Å²) in [4.78, 5) is 28.2. The number of amides is 1. The number of methoxy groups -OCH3 is 1. The Labute approximate surface area is 157 Å². The van der Waals surface area contributed by atoms with E-state index in [2.05, 4.69) is 15.6 Å². The smallest absolute Gasteiger partial charge is 0.255 e. The summed E-state index contributed by atoms with van der Waals surface area (Å²) in [7, 11) is 1.57. The first-order valence-electron chi connectivity index (χ1n) is 8.34. The minimum Gasteiger partial charge on any atom is -0.497 e. The third kappa shape index (κ3) is 4.70. The zero-order chi connectivity index (χ0) is 19.2. The zero-order valence-electron chi connectivity index (χ0n) is 15.0. The number of hydrogen-bond donors (Lipinski definition) is 2. The molecule has 0 atom stereocenters. The van der Waals surface area contributed by atoms with Crippen molar-refractivity contribution in [2.75, 3.05) is 17.7 Å². The van der Waals surface area contributed by atoms with Gasteiger partial charge in [0.1, 0.15) is 11.6 Å². The molecule has 0 fully saturated rings. The third-order valence-corrected chi connectivity index (χ3v) is 3.89. The van der Waals surface area contributed by atoms with Gasteiger partial charge in [-0.3, -0.25) is 9.59 Å². The summed E-state index contributed by atoms with van der Waals surface area (Å²) in [6.45, 7) is 1.51. The van der Waals surface area contributed by atoms with E-state index in [1.54, 1.807) is 67.9 Å². The molecule has 0 aliphatic rings. The average molecular weight is 361 g/mol. The molecule has 1 heterocycles. The predicted molar refractivity (Wildman–Crippen MR) is 105 cm³/mol. The van der Waals surface area contributed by atoms with Gasteiger partial charge in [0.15, 0.2) is 5.78 Å². The molecule has 0 saturated heterocycles. The Kier molecular flexibility index (Phi) is 5.47. The number of nitrogens with zero attached hydrogens (tertiary/aromatic N) is 1. The molecule has 3 aromatic rings. The number of ketones is 1. The number of nitrogens with one attached hydrogen (secondary N) is 2. The van der Waals surface area contributed by atoms with Gasteiger partial charge in [-0.05, 0) is 43.3 Å². The fourth-order valence-corrected chi connectivity index (χ4v) is 2.51.